The maximum Gasteiger partial charge on any atom is 0.0159 e. The van der Waals surface area contributed by atoms with Crippen molar-refractivity contribution in [2.24, 2.45) is 0 Å². The van der Waals surface area contributed by atoms with Crippen LogP contribution < -0.4 is 0 Å². The predicted molar refractivity (Wildman–Crippen MR) is 194 cm³/mol. The van der Waals surface area contributed by atoms with Crippen molar-refractivity contribution in [3.05, 3.63) is 157 Å². The summed E-state index contributed by atoms with van der Waals surface area (Å²) < 4.78 is 0. The van der Waals surface area contributed by atoms with E-state index in [0.717, 1.165) is 0 Å². The molecular formula is C45H30. The highest BCUT2D eigenvalue weighted by molar-refractivity contribution is 6.25. The van der Waals surface area contributed by atoms with E-state index in [2.05, 4.69) is 159 Å². The van der Waals surface area contributed by atoms with E-state index in [4.69, 9.17) is 0 Å². The Morgan fingerprint density at radius 2 is 0.978 bits per heavy atom. The Balaban J connectivity index is 1.34. The highest BCUT2D eigenvalue weighted by Gasteiger charge is 2.38. The summed E-state index contributed by atoms with van der Waals surface area (Å²) >= 11 is 0. The van der Waals surface area contributed by atoms with Gasteiger partial charge in [-0.2, -0.15) is 0 Å². The fourth-order valence-corrected chi connectivity index (χ4v) is 8.35. The molecule has 0 amide bonds. The minimum absolute atomic E-state index is 0.145. The molecular weight excluding hydrogens is 540 g/mol. The van der Waals surface area contributed by atoms with Crippen LogP contribution in [0.5, 0.6) is 0 Å². The van der Waals surface area contributed by atoms with Gasteiger partial charge in [-0.3, -0.25) is 0 Å². The van der Waals surface area contributed by atoms with Gasteiger partial charge in [0.15, 0.2) is 0 Å². The van der Waals surface area contributed by atoms with Crippen LogP contribution >= 0.6 is 0 Å². The Morgan fingerprint density at radius 3 is 1.80 bits per heavy atom. The first-order chi connectivity index (χ1) is 22.1. The van der Waals surface area contributed by atoms with E-state index in [1.54, 1.807) is 0 Å². The molecule has 210 valence electrons. The second kappa shape index (κ2) is 8.80. The lowest BCUT2D eigenvalue weighted by Crippen LogP contribution is -2.15. The van der Waals surface area contributed by atoms with Crippen LogP contribution in [0.25, 0.3) is 87.2 Å². The second-order valence-electron chi connectivity index (χ2n) is 13.3. The number of benzene rings is 9. The van der Waals surface area contributed by atoms with E-state index in [-0.39, 0.29) is 5.41 Å². The molecule has 9 aromatic carbocycles. The number of fused-ring (bicyclic) bond motifs is 5. The van der Waals surface area contributed by atoms with Crippen molar-refractivity contribution >= 4 is 53.9 Å². The van der Waals surface area contributed by atoms with Gasteiger partial charge in [-0.05, 0) is 123 Å². The summed E-state index contributed by atoms with van der Waals surface area (Å²) in [5, 5.41) is 13.1. The molecule has 1 aliphatic carbocycles. The van der Waals surface area contributed by atoms with Crippen LogP contribution in [-0.2, 0) is 5.41 Å². The van der Waals surface area contributed by atoms with E-state index >= 15 is 0 Å². The van der Waals surface area contributed by atoms with Gasteiger partial charge in [0.05, 0.1) is 0 Å². The predicted octanol–water partition coefficient (Wildman–Crippen LogP) is 12.5. The van der Waals surface area contributed by atoms with Crippen molar-refractivity contribution in [2.75, 3.05) is 0 Å². The summed E-state index contributed by atoms with van der Waals surface area (Å²) in [6.07, 6.45) is 0. The van der Waals surface area contributed by atoms with Crippen LogP contribution in [0.4, 0.5) is 0 Å². The smallest absolute Gasteiger partial charge is 0.0159 e. The zero-order valence-corrected chi connectivity index (χ0v) is 25.4. The molecule has 0 unspecified atom stereocenters. The van der Waals surface area contributed by atoms with E-state index in [1.807, 2.05) is 0 Å². The molecule has 0 saturated carbocycles. The van der Waals surface area contributed by atoms with Gasteiger partial charge in [0.1, 0.15) is 0 Å². The molecule has 0 spiro atoms. The molecule has 0 fully saturated rings. The summed E-state index contributed by atoms with van der Waals surface area (Å²) in [6, 6.07) is 54.7. The third-order valence-corrected chi connectivity index (χ3v) is 10.6. The number of hydrogen-bond donors (Lipinski definition) is 0. The van der Waals surface area contributed by atoms with E-state index in [9.17, 15) is 0 Å². The Kier molecular flexibility index (Phi) is 4.88. The summed E-state index contributed by atoms with van der Waals surface area (Å²) in [5.41, 5.74) is 10.6. The average molecular weight is 571 g/mol. The van der Waals surface area contributed by atoms with Crippen LogP contribution in [-0.4, -0.2) is 0 Å². The van der Waals surface area contributed by atoms with Crippen molar-refractivity contribution in [1.29, 1.82) is 0 Å². The van der Waals surface area contributed by atoms with Gasteiger partial charge in [-0.25, -0.2) is 0 Å². The Bertz CT molecular complexity index is 2650. The first kappa shape index (κ1) is 24.9. The molecule has 0 heterocycles. The molecule has 0 aromatic heterocycles. The van der Waals surface area contributed by atoms with E-state index in [1.165, 1.54) is 98.4 Å². The molecule has 0 N–H and O–H groups in total. The zero-order valence-electron chi connectivity index (χ0n) is 25.4. The van der Waals surface area contributed by atoms with Crippen LogP contribution in [0, 0.1) is 0 Å². The summed E-state index contributed by atoms with van der Waals surface area (Å²) in [5.74, 6) is 0. The van der Waals surface area contributed by atoms with Crippen molar-refractivity contribution in [3.8, 4) is 33.4 Å². The van der Waals surface area contributed by atoms with Gasteiger partial charge in [0.25, 0.3) is 0 Å². The fraction of sp³-hybridized carbons (Fsp3) is 0.0667. The maximum atomic E-state index is 2.50. The van der Waals surface area contributed by atoms with Crippen molar-refractivity contribution in [3.63, 3.8) is 0 Å². The van der Waals surface area contributed by atoms with E-state index < -0.39 is 0 Å². The first-order valence-corrected chi connectivity index (χ1v) is 15.9. The molecule has 0 nitrogen and oxygen atoms in total. The summed E-state index contributed by atoms with van der Waals surface area (Å²) in [4.78, 5) is 0. The standard InChI is InChI=1S/C45H30/c1-45(2)40-25-32-11-4-3-10-31(32)23-39(40)44-38(36-16-8-12-27-9-5-6-15-34(27)36)24-33(26-41(44)45)35-21-19-30-18-17-28-13-7-14-29-20-22-37(35)43(30)42(28)29/h3-26H,1-2H3. The first-order valence-electron chi connectivity index (χ1n) is 15.9. The molecule has 0 aliphatic heterocycles. The van der Waals surface area contributed by atoms with Crippen LogP contribution in [0.1, 0.15) is 25.0 Å². The molecule has 45 heavy (non-hydrogen) atoms. The molecule has 0 bridgehead atoms. The Morgan fingerprint density at radius 1 is 0.356 bits per heavy atom. The molecule has 0 atom stereocenters. The fourth-order valence-electron chi connectivity index (χ4n) is 8.35. The van der Waals surface area contributed by atoms with Crippen LogP contribution in [0.15, 0.2) is 146 Å². The highest BCUT2D eigenvalue weighted by atomic mass is 14.4. The molecule has 0 saturated heterocycles. The Hall–Kier alpha value is -5.46. The quantitative estimate of drug-likeness (QED) is 0.181. The average Bonchev–Trinajstić information content (AvgIpc) is 3.30. The van der Waals surface area contributed by atoms with Crippen molar-refractivity contribution < 1.29 is 0 Å². The van der Waals surface area contributed by atoms with Crippen molar-refractivity contribution in [2.45, 2.75) is 19.3 Å². The Labute approximate surface area is 262 Å². The lowest BCUT2D eigenvalue weighted by atomic mass is 9.79. The molecule has 0 heteroatoms. The number of hydrogen-bond acceptors (Lipinski definition) is 0. The lowest BCUT2D eigenvalue weighted by Gasteiger charge is -2.24. The zero-order chi connectivity index (χ0) is 29.9. The van der Waals surface area contributed by atoms with Gasteiger partial charge in [-0.15, -0.1) is 0 Å². The van der Waals surface area contributed by atoms with Crippen molar-refractivity contribution in [1.82, 2.24) is 0 Å². The largest absolute Gasteiger partial charge is 0.0616 e. The lowest BCUT2D eigenvalue weighted by molar-refractivity contribution is 0.661. The SMILES string of the molecule is CC1(C)c2cc3ccccc3cc2-c2c(-c3cccc4ccccc34)cc(-c3ccc4ccc5cccc6ccc3c4c56)cc21. The van der Waals surface area contributed by atoms with Crippen LogP contribution in [0.2, 0.25) is 0 Å². The monoisotopic (exact) mass is 570 g/mol. The van der Waals surface area contributed by atoms with Gasteiger partial charge >= 0.3 is 0 Å². The van der Waals surface area contributed by atoms with Gasteiger partial charge < -0.3 is 0 Å². The molecule has 9 aromatic rings. The van der Waals surface area contributed by atoms with Crippen LogP contribution in [0.3, 0.4) is 0 Å². The third kappa shape index (κ3) is 3.37. The minimum Gasteiger partial charge on any atom is -0.0616 e. The maximum absolute atomic E-state index is 2.50. The summed E-state index contributed by atoms with van der Waals surface area (Å²) in [6.45, 7) is 4.82. The topological polar surface area (TPSA) is 0 Å². The second-order valence-corrected chi connectivity index (χ2v) is 13.3. The molecule has 10 rings (SSSR count). The van der Waals surface area contributed by atoms with Gasteiger partial charge in [0, 0.05) is 5.41 Å². The van der Waals surface area contributed by atoms with Gasteiger partial charge in [0.2, 0.25) is 0 Å². The van der Waals surface area contributed by atoms with E-state index in [0.29, 0.717) is 0 Å². The third-order valence-electron chi connectivity index (χ3n) is 10.6. The number of rotatable bonds is 2. The summed E-state index contributed by atoms with van der Waals surface area (Å²) in [7, 11) is 0. The molecule has 0 radical (unpaired) electrons. The van der Waals surface area contributed by atoms with Gasteiger partial charge in [-0.1, -0.05) is 135 Å². The normalized spacial score (nSPS) is 13.7. The minimum atomic E-state index is -0.145. The molecule has 1 aliphatic rings. The highest BCUT2D eigenvalue weighted by Crippen LogP contribution is 2.55.